The Labute approximate surface area is 173 Å². The summed E-state index contributed by atoms with van der Waals surface area (Å²) in [5, 5.41) is 2.22. The van der Waals surface area contributed by atoms with Gasteiger partial charge < -0.3 is 0 Å². The van der Waals surface area contributed by atoms with Gasteiger partial charge in [0.25, 0.3) is 0 Å². The van der Waals surface area contributed by atoms with Crippen molar-refractivity contribution in [3.05, 3.63) is 67.6 Å². The molecule has 26 heavy (non-hydrogen) atoms. The van der Waals surface area contributed by atoms with E-state index in [1.165, 1.54) is 0 Å². The average Bonchev–Trinajstić information content (AvgIpc) is 2.64. The highest BCUT2D eigenvalue weighted by Crippen LogP contribution is 2.26. The smallest absolute Gasteiger partial charge is 0.0598 e. The molecule has 0 radical (unpaired) electrons. The van der Waals surface area contributed by atoms with E-state index in [1.807, 2.05) is 36.7 Å². The van der Waals surface area contributed by atoms with Crippen LogP contribution in [0.1, 0.15) is 36.8 Å². The predicted molar refractivity (Wildman–Crippen MR) is 114 cm³/mol. The zero-order chi connectivity index (χ0) is 18.5. The third kappa shape index (κ3) is 5.47. The lowest BCUT2D eigenvalue weighted by Crippen LogP contribution is -2.20. The van der Waals surface area contributed by atoms with E-state index < -0.39 is 0 Å². The molecule has 1 fully saturated rings. The van der Waals surface area contributed by atoms with Gasteiger partial charge >= 0.3 is 0 Å². The molecule has 1 aliphatic rings. The van der Waals surface area contributed by atoms with Crippen LogP contribution < -0.4 is 0 Å². The molecule has 2 aromatic carbocycles. The minimum atomic E-state index is 0.334. The SMILES string of the molecule is Clc1ccc(C=NC2CCC(N=Cc3ccc(Cl)c(Cl)c3)CC2)cc1Cl. The summed E-state index contributed by atoms with van der Waals surface area (Å²) in [4.78, 5) is 9.38. The Morgan fingerprint density at radius 1 is 0.615 bits per heavy atom. The molecule has 6 heteroatoms. The molecular weight excluding hydrogens is 410 g/mol. The first-order valence-electron chi connectivity index (χ1n) is 8.48. The van der Waals surface area contributed by atoms with Gasteiger partial charge in [-0.3, -0.25) is 9.98 Å². The van der Waals surface area contributed by atoms with Gasteiger partial charge in [-0.15, -0.1) is 0 Å². The van der Waals surface area contributed by atoms with Crippen molar-refractivity contribution in [3.63, 3.8) is 0 Å². The Morgan fingerprint density at radius 2 is 1.00 bits per heavy atom. The van der Waals surface area contributed by atoms with Crippen LogP contribution in [0.25, 0.3) is 0 Å². The molecule has 0 saturated heterocycles. The summed E-state index contributed by atoms with van der Waals surface area (Å²) in [6.07, 6.45) is 7.88. The summed E-state index contributed by atoms with van der Waals surface area (Å²) in [5.41, 5.74) is 1.94. The molecule has 0 heterocycles. The Bertz CT molecular complexity index is 755. The van der Waals surface area contributed by atoms with E-state index in [4.69, 9.17) is 46.4 Å². The average molecular weight is 428 g/mol. The maximum atomic E-state index is 6.03. The van der Waals surface area contributed by atoms with Gasteiger partial charge in [-0.1, -0.05) is 58.5 Å². The van der Waals surface area contributed by atoms with Crippen LogP contribution in [0.15, 0.2) is 46.4 Å². The van der Waals surface area contributed by atoms with Gasteiger partial charge in [0.2, 0.25) is 0 Å². The highest BCUT2D eigenvalue weighted by molar-refractivity contribution is 6.42. The molecule has 3 rings (SSSR count). The Hall–Kier alpha value is -1.06. The van der Waals surface area contributed by atoms with Crippen LogP contribution in [-0.4, -0.2) is 24.5 Å². The summed E-state index contributed by atoms with van der Waals surface area (Å²) in [6, 6.07) is 11.8. The van der Waals surface area contributed by atoms with Crippen LogP contribution in [0.2, 0.25) is 20.1 Å². The summed E-state index contributed by atoms with van der Waals surface area (Å²) < 4.78 is 0. The van der Waals surface area contributed by atoms with Crippen molar-refractivity contribution >= 4 is 58.8 Å². The van der Waals surface area contributed by atoms with Crippen molar-refractivity contribution in [3.8, 4) is 0 Å². The van der Waals surface area contributed by atoms with Gasteiger partial charge in [-0.25, -0.2) is 0 Å². The third-order valence-electron chi connectivity index (χ3n) is 4.42. The number of nitrogens with zero attached hydrogens (tertiary/aromatic N) is 2. The zero-order valence-electron chi connectivity index (χ0n) is 14.0. The second kappa shape index (κ2) is 9.23. The van der Waals surface area contributed by atoms with Gasteiger partial charge in [-0.05, 0) is 61.1 Å². The fraction of sp³-hybridized carbons (Fsp3) is 0.300. The van der Waals surface area contributed by atoms with Crippen molar-refractivity contribution in [1.82, 2.24) is 0 Å². The highest BCUT2D eigenvalue weighted by Gasteiger charge is 2.19. The monoisotopic (exact) mass is 426 g/mol. The summed E-state index contributed by atoms with van der Waals surface area (Å²) in [7, 11) is 0. The summed E-state index contributed by atoms with van der Waals surface area (Å²) in [5.74, 6) is 0. The number of halogens is 4. The Morgan fingerprint density at radius 3 is 1.35 bits per heavy atom. The van der Waals surface area contributed by atoms with Gasteiger partial charge in [0.05, 0.1) is 32.2 Å². The van der Waals surface area contributed by atoms with E-state index in [0.717, 1.165) is 36.8 Å². The predicted octanol–water partition coefficient (Wildman–Crippen LogP) is 7.15. The van der Waals surface area contributed by atoms with Crippen LogP contribution in [0.4, 0.5) is 0 Å². The lowest BCUT2D eigenvalue weighted by Gasteiger charge is -2.23. The van der Waals surface area contributed by atoms with Gasteiger partial charge in [0.1, 0.15) is 0 Å². The first-order chi connectivity index (χ1) is 12.5. The van der Waals surface area contributed by atoms with E-state index in [2.05, 4.69) is 9.98 Å². The molecule has 136 valence electrons. The fourth-order valence-electron chi connectivity index (χ4n) is 2.92. The minimum Gasteiger partial charge on any atom is -0.289 e. The highest BCUT2D eigenvalue weighted by atomic mass is 35.5. The number of hydrogen-bond acceptors (Lipinski definition) is 2. The van der Waals surface area contributed by atoms with E-state index in [0.29, 0.717) is 32.2 Å². The maximum absolute atomic E-state index is 6.03. The molecule has 0 bridgehead atoms. The van der Waals surface area contributed by atoms with Gasteiger partial charge in [0, 0.05) is 12.4 Å². The van der Waals surface area contributed by atoms with Crippen LogP contribution in [-0.2, 0) is 0 Å². The van der Waals surface area contributed by atoms with Crippen molar-refractivity contribution in [2.24, 2.45) is 9.98 Å². The van der Waals surface area contributed by atoms with E-state index >= 15 is 0 Å². The van der Waals surface area contributed by atoms with Gasteiger partial charge in [-0.2, -0.15) is 0 Å². The van der Waals surface area contributed by atoms with E-state index in [-0.39, 0.29) is 0 Å². The number of benzene rings is 2. The van der Waals surface area contributed by atoms with E-state index in [1.54, 1.807) is 12.1 Å². The number of aliphatic imine (C=N–C) groups is 2. The second-order valence-electron chi connectivity index (χ2n) is 6.37. The number of hydrogen-bond donors (Lipinski definition) is 0. The minimum absolute atomic E-state index is 0.334. The van der Waals surface area contributed by atoms with Crippen LogP contribution in [0.5, 0.6) is 0 Å². The lowest BCUT2D eigenvalue weighted by atomic mass is 9.92. The van der Waals surface area contributed by atoms with Crippen LogP contribution >= 0.6 is 46.4 Å². The molecule has 1 saturated carbocycles. The molecule has 2 nitrogen and oxygen atoms in total. The van der Waals surface area contributed by atoms with Crippen molar-refractivity contribution in [1.29, 1.82) is 0 Å². The normalized spacial score (nSPS) is 20.9. The molecule has 0 aromatic heterocycles. The second-order valence-corrected chi connectivity index (χ2v) is 7.99. The molecule has 0 spiro atoms. The Kier molecular flexibility index (Phi) is 6.99. The Balaban J connectivity index is 1.52. The standard InChI is InChI=1S/C20H18Cl4N2/c21-17-7-1-13(9-19(17)23)11-25-15-3-5-16(6-4-15)26-12-14-2-8-18(22)20(24)10-14/h1-2,7-12,15-16H,3-6H2. The molecular formula is C20H18Cl4N2. The maximum Gasteiger partial charge on any atom is 0.0598 e. The first-order valence-corrected chi connectivity index (χ1v) is 9.99. The van der Waals surface area contributed by atoms with Crippen molar-refractivity contribution < 1.29 is 0 Å². The first kappa shape index (κ1) is 19.7. The summed E-state index contributed by atoms with van der Waals surface area (Å²) >= 11 is 23.9. The molecule has 0 unspecified atom stereocenters. The molecule has 0 aliphatic heterocycles. The molecule has 0 N–H and O–H groups in total. The van der Waals surface area contributed by atoms with Crippen molar-refractivity contribution in [2.75, 3.05) is 0 Å². The third-order valence-corrected chi connectivity index (χ3v) is 5.90. The van der Waals surface area contributed by atoms with Crippen molar-refractivity contribution in [2.45, 2.75) is 37.8 Å². The largest absolute Gasteiger partial charge is 0.289 e. The van der Waals surface area contributed by atoms with E-state index in [9.17, 15) is 0 Å². The molecule has 2 aromatic rings. The van der Waals surface area contributed by atoms with Gasteiger partial charge in [0.15, 0.2) is 0 Å². The topological polar surface area (TPSA) is 24.7 Å². The molecule has 0 amide bonds. The molecule has 0 atom stereocenters. The van der Waals surface area contributed by atoms with Crippen LogP contribution in [0.3, 0.4) is 0 Å². The fourth-order valence-corrected chi connectivity index (χ4v) is 3.54. The zero-order valence-corrected chi connectivity index (χ0v) is 17.0. The molecule has 1 aliphatic carbocycles. The number of rotatable bonds is 4. The van der Waals surface area contributed by atoms with Crippen LogP contribution in [0, 0.1) is 0 Å². The quantitative estimate of drug-likeness (QED) is 0.462. The summed E-state index contributed by atoms with van der Waals surface area (Å²) in [6.45, 7) is 0. The lowest BCUT2D eigenvalue weighted by molar-refractivity contribution is 0.399.